The molecule has 3 heteroatoms. The molecule has 0 spiro atoms. The minimum Gasteiger partial charge on any atom is -0.494 e. The van der Waals surface area contributed by atoms with Crippen LogP contribution < -0.4 is 16.2 Å². The summed E-state index contributed by atoms with van der Waals surface area (Å²) >= 11 is 0. The van der Waals surface area contributed by atoms with Crippen LogP contribution in [0, 0.1) is 5.92 Å². The molecule has 0 heterocycles. The van der Waals surface area contributed by atoms with E-state index in [0.717, 1.165) is 31.6 Å². The van der Waals surface area contributed by atoms with Crippen molar-refractivity contribution >= 4 is 0 Å². The fourth-order valence-electron chi connectivity index (χ4n) is 2.01. The zero-order valence-corrected chi connectivity index (χ0v) is 11.6. The highest BCUT2D eigenvalue weighted by atomic mass is 16.5. The first-order chi connectivity index (χ1) is 8.74. The normalized spacial score (nSPS) is 10.9. The van der Waals surface area contributed by atoms with Crippen LogP contribution in [0.25, 0.3) is 0 Å². The lowest BCUT2D eigenvalue weighted by atomic mass is 9.94. The summed E-state index contributed by atoms with van der Waals surface area (Å²) in [5.41, 5.74) is 14.1. The quantitative estimate of drug-likeness (QED) is 0.743. The maximum Gasteiger partial charge on any atom is 0.119 e. The Morgan fingerprint density at radius 3 is 2.39 bits per heavy atom. The molecule has 4 N–H and O–H groups in total. The number of nitrogens with two attached hydrogens (primary N) is 2. The van der Waals surface area contributed by atoms with Crippen molar-refractivity contribution in [2.24, 2.45) is 17.4 Å². The molecule has 0 aliphatic heterocycles. The summed E-state index contributed by atoms with van der Waals surface area (Å²) in [7, 11) is 0. The van der Waals surface area contributed by atoms with Gasteiger partial charge in [-0.25, -0.2) is 0 Å². The molecule has 102 valence electrons. The lowest BCUT2D eigenvalue weighted by Gasteiger charge is -2.16. The third kappa shape index (κ3) is 4.31. The van der Waals surface area contributed by atoms with Crippen LogP contribution in [0.3, 0.4) is 0 Å². The smallest absolute Gasteiger partial charge is 0.119 e. The molecule has 1 rings (SSSR count). The SMILES string of the molecule is CCCOc1ccc(CC(CN)CN)c(CC)c1. The summed E-state index contributed by atoms with van der Waals surface area (Å²) in [6.45, 7) is 6.35. The second-order valence-electron chi connectivity index (χ2n) is 4.67. The maximum absolute atomic E-state index is 5.71. The number of benzene rings is 1. The fourth-order valence-corrected chi connectivity index (χ4v) is 2.01. The summed E-state index contributed by atoms with van der Waals surface area (Å²) in [4.78, 5) is 0. The molecular weight excluding hydrogens is 224 g/mol. The van der Waals surface area contributed by atoms with Gasteiger partial charge in [-0.05, 0) is 61.5 Å². The van der Waals surface area contributed by atoms with E-state index in [1.165, 1.54) is 11.1 Å². The average Bonchev–Trinajstić information content (AvgIpc) is 2.43. The molecule has 0 aliphatic rings. The van der Waals surface area contributed by atoms with E-state index in [2.05, 4.69) is 26.0 Å². The number of hydrogen-bond acceptors (Lipinski definition) is 3. The Bertz CT molecular complexity index is 348. The van der Waals surface area contributed by atoms with Crippen LogP contribution in [0.1, 0.15) is 31.4 Å². The van der Waals surface area contributed by atoms with Crippen LogP contribution in [0.5, 0.6) is 5.75 Å². The molecule has 3 nitrogen and oxygen atoms in total. The first kappa shape index (κ1) is 15.0. The first-order valence-corrected chi connectivity index (χ1v) is 6.89. The second-order valence-corrected chi connectivity index (χ2v) is 4.67. The molecule has 0 saturated carbocycles. The van der Waals surface area contributed by atoms with E-state index in [1.54, 1.807) is 0 Å². The summed E-state index contributed by atoms with van der Waals surface area (Å²) < 4.78 is 5.66. The third-order valence-corrected chi connectivity index (χ3v) is 3.21. The van der Waals surface area contributed by atoms with Crippen LogP contribution in [-0.2, 0) is 12.8 Å². The monoisotopic (exact) mass is 250 g/mol. The van der Waals surface area contributed by atoms with Crippen molar-refractivity contribution in [3.05, 3.63) is 29.3 Å². The third-order valence-electron chi connectivity index (χ3n) is 3.21. The highest BCUT2D eigenvalue weighted by Gasteiger charge is 2.09. The summed E-state index contributed by atoms with van der Waals surface area (Å²) in [6.07, 6.45) is 3.01. The minimum atomic E-state index is 0.373. The van der Waals surface area contributed by atoms with Gasteiger partial charge in [0.05, 0.1) is 6.61 Å². The standard InChI is InChI=1S/C15H26N2O/c1-3-7-18-15-6-5-14(13(4-2)9-15)8-12(10-16)11-17/h5-6,9,12H,3-4,7-8,10-11,16-17H2,1-2H3. The molecule has 0 atom stereocenters. The van der Waals surface area contributed by atoms with E-state index in [9.17, 15) is 0 Å². The van der Waals surface area contributed by atoms with Gasteiger partial charge in [0.1, 0.15) is 5.75 Å². The molecular formula is C15H26N2O. The summed E-state index contributed by atoms with van der Waals surface area (Å²) in [5.74, 6) is 1.34. The van der Waals surface area contributed by atoms with Gasteiger partial charge in [0.2, 0.25) is 0 Å². The van der Waals surface area contributed by atoms with Crippen molar-refractivity contribution in [2.75, 3.05) is 19.7 Å². The topological polar surface area (TPSA) is 61.3 Å². The Morgan fingerprint density at radius 2 is 1.83 bits per heavy atom. The van der Waals surface area contributed by atoms with Crippen molar-refractivity contribution < 1.29 is 4.74 Å². The zero-order chi connectivity index (χ0) is 13.4. The van der Waals surface area contributed by atoms with Gasteiger partial charge in [0, 0.05) is 0 Å². The second kappa shape index (κ2) is 8.11. The van der Waals surface area contributed by atoms with Gasteiger partial charge < -0.3 is 16.2 Å². The van der Waals surface area contributed by atoms with Crippen molar-refractivity contribution in [1.29, 1.82) is 0 Å². The Kier molecular flexibility index (Phi) is 6.76. The van der Waals surface area contributed by atoms with Crippen molar-refractivity contribution in [3.8, 4) is 5.75 Å². The number of ether oxygens (including phenoxy) is 1. The molecule has 1 aromatic rings. The Hall–Kier alpha value is -1.06. The summed E-state index contributed by atoms with van der Waals surface area (Å²) in [6, 6.07) is 6.35. The van der Waals surface area contributed by atoms with Crippen LogP contribution in [0.2, 0.25) is 0 Å². The zero-order valence-electron chi connectivity index (χ0n) is 11.6. The largest absolute Gasteiger partial charge is 0.494 e. The van der Waals surface area contributed by atoms with Gasteiger partial charge in [0.15, 0.2) is 0 Å². The van der Waals surface area contributed by atoms with E-state index in [-0.39, 0.29) is 0 Å². The van der Waals surface area contributed by atoms with Crippen LogP contribution in [-0.4, -0.2) is 19.7 Å². The molecule has 0 fully saturated rings. The summed E-state index contributed by atoms with van der Waals surface area (Å²) in [5, 5.41) is 0. The predicted molar refractivity (Wildman–Crippen MR) is 76.9 cm³/mol. The van der Waals surface area contributed by atoms with Gasteiger partial charge >= 0.3 is 0 Å². The van der Waals surface area contributed by atoms with Gasteiger partial charge in [-0.2, -0.15) is 0 Å². The number of aryl methyl sites for hydroxylation is 1. The minimum absolute atomic E-state index is 0.373. The molecule has 0 aliphatic carbocycles. The van der Waals surface area contributed by atoms with Gasteiger partial charge in [0.25, 0.3) is 0 Å². The van der Waals surface area contributed by atoms with Gasteiger partial charge in [-0.15, -0.1) is 0 Å². The Labute approximate surface area is 111 Å². The highest BCUT2D eigenvalue weighted by molar-refractivity contribution is 5.36. The van der Waals surface area contributed by atoms with E-state index < -0.39 is 0 Å². The molecule has 0 aromatic heterocycles. The lowest BCUT2D eigenvalue weighted by Crippen LogP contribution is -2.25. The number of rotatable bonds is 8. The predicted octanol–water partition coefficient (Wildman–Crippen LogP) is 2.11. The van der Waals surface area contributed by atoms with Crippen molar-refractivity contribution in [3.63, 3.8) is 0 Å². The van der Waals surface area contributed by atoms with Crippen LogP contribution >= 0.6 is 0 Å². The fraction of sp³-hybridized carbons (Fsp3) is 0.600. The van der Waals surface area contributed by atoms with Crippen LogP contribution in [0.4, 0.5) is 0 Å². The van der Waals surface area contributed by atoms with Crippen molar-refractivity contribution in [2.45, 2.75) is 33.1 Å². The molecule has 0 amide bonds. The average molecular weight is 250 g/mol. The number of hydrogen-bond donors (Lipinski definition) is 2. The molecule has 0 radical (unpaired) electrons. The van der Waals surface area contributed by atoms with Crippen LogP contribution in [0.15, 0.2) is 18.2 Å². The van der Waals surface area contributed by atoms with Gasteiger partial charge in [-0.1, -0.05) is 19.9 Å². The highest BCUT2D eigenvalue weighted by Crippen LogP contribution is 2.21. The molecule has 0 unspecified atom stereocenters. The van der Waals surface area contributed by atoms with Gasteiger partial charge in [-0.3, -0.25) is 0 Å². The van der Waals surface area contributed by atoms with E-state index in [0.29, 0.717) is 19.0 Å². The lowest BCUT2D eigenvalue weighted by molar-refractivity contribution is 0.317. The maximum atomic E-state index is 5.71. The first-order valence-electron chi connectivity index (χ1n) is 6.89. The Balaban J connectivity index is 2.79. The molecule has 0 bridgehead atoms. The molecule has 18 heavy (non-hydrogen) atoms. The van der Waals surface area contributed by atoms with E-state index >= 15 is 0 Å². The molecule has 1 aromatic carbocycles. The molecule has 0 saturated heterocycles. The van der Waals surface area contributed by atoms with E-state index in [4.69, 9.17) is 16.2 Å². The van der Waals surface area contributed by atoms with Crippen molar-refractivity contribution in [1.82, 2.24) is 0 Å². The Morgan fingerprint density at radius 1 is 1.11 bits per heavy atom. The van der Waals surface area contributed by atoms with E-state index in [1.807, 2.05) is 6.07 Å².